The van der Waals surface area contributed by atoms with Crippen LogP contribution in [-0.4, -0.2) is 32.9 Å². The van der Waals surface area contributed by atoms with E-state index in [9.17, 15) is 9.59 Å². The Bertz CT molecular complexity index is 781. The molecule has 2 aromatic rings. The summed E-state index contributed by atoms with van der Waals surface area (Å²) in [7, 11) is 0. The fourth-order valence-corrected chi connectivity index (χ4v) is 2.73. The zero-order valence-corrected chi connectivity index (χ0v) is 14.0. The summed E-state index contributed by atoms with van der Waals surface area (Å²) in [4.78, 5) is 24.7. The molecule has 1 aromatic carbocycles. The van der Waals surface area contributed by atoms with Gasteiger partial charge in [0.1, 0.15) is 0 Å². The Kier molecular flexibility index (Phi) is 4.33. The second-order valence-corrected chi connectivity index (χ2v) is 6.40. The van der Waals surface area contributed by atoms with E-state index < -0.39 is 5.91 Å². The molecule has 3 rings (SSSR count). The largest absolute Gasteiger partial charge is 0.346 e. The van der Waals surface area contributed by atoms with Crippen molar-refractivity contribution in [1.29, 1.82) is 0 Å². The molecule has 2 amide bonds. The van der Waals surface area contributed by atoms with Gasteiger partial charge in [0.2, 0.25) is 0 Å². The van der Waals surface area contributed by atoms with E-state index in [-0.39, 0.29) is 29.3 Å². The molecule has 1 aliphatic heterocycles. The van der Waals surface area contributed by atoms with Gasteiger partial charge < -0.3 is 10.6 Å². The van der Waals surface area contributed by atoms with Crippen LogP contribution in [0.25, 0.3) is 0 Å². The maximum atomic E-state index is 12.4. The number of benzene rings is 1. The van der Waals surface area contributed by atoms with Gasteiger partial charge in [0.15, 0.2) is 11.4 Å². The van der Waals surface area contributed by atoms with Gasteiger partial charge in [0.05, 0.1) is 12.6 Å². The number of aryl methyl sites for hydroxylation is 1. The van der Waals surface area contributed by atoms with Gasteiger partial charge >= 0.3 is 0 Å². The third-order valence-corrected chi connectivity index (χ3v) is 4.36. The molecule has 0 spiro atoms. The molecular formula is C17H21N5O2. The van der Waals surface area contributed by atoms with Crippen LogP contribution in [0.15, 0.2) is 24.3 Å². The molecule has 0 fully saturated rings. The molecule has 1 aromatic heterocycles. The van der Waals surface area contributed by atoms with Gasteiger partial charge in [-0.05, 0) is 24.0 Å². The minimum absolute atomic E-state index is 0.00502. The van der Waals surface area contributed by atoms with Gasteiger partial charge in [-0.3, -0.25) is 9.59 Å². The summed E-state index contributed by atoms with van der Waals surface area (Å²) >= 11 is 0. The molecule has 0 bridgehead atoms. The first-order valence-electron chi connectivity index (χ1n) is 8.04. The fraction of sp³-hybridized carbons (Fsp3) is 0.412. The van der Waals surface area contributed by atoms with Crippen molar-refractivity contribution in [1.82, 2.24) is 25.6 Å². The molecule has 24 heavy (non-hydrogen) atoms. The third-order valence-electron chi connectivity index (χ3n) is 4.36. The number of aromatic nitrogens is 3. The van der Waals surface area contributed by atoms with E-state index in [1.807, 2.05) is 45.0 Å². The van der Waals surface area contributed by atoms with Crippen molar-refractivity contribution in [2.75, 3.05) is 0 Å². The highest BCUT2D eigenvalue weighted by Gasteiger charge is 2.32. The fourth-order valence-electron chi connectivity index (χ4n) is 2.73. The van der Waals surface area contributed by atoms with Crippen molar-refractivity contribution in [3.63, 3.8) is 0 Å². The number of rotatable bonds is 4. The lowest BCUT2D eigenvalue weighted by Gasteiger charge is -2.27. The summed E-state index contributed by atoms with van der Waals surface area (Å²) < 4.78 is 1.52. The number of hydrogen-bond donors (Lipinski definition) is 2. The Labute approximate surface area is 140 Å². The molecule has 7 nitrogen and oxygen atoms in total. The molecule has 0 saturated heterocycles. The van der Waals surface area contributed by atoms with Gasteiger partial charge in [-0.25, -0.2) is 4.68 Å². The minimum Gasteiger partial charge on any atom is -0.346 e. The van der Waals surface area contributed by atoms with Crippen molar-refractivity contribution >= 4 is 11.8 Å². The SMILES string of the molecule is Cc1ccccc1CNC(=O)c1nnn2c1C(=O)N[C@@H](C(C)C)C2. The molecule has 0 unspecified atom stereocenters. The molecule has 0 radical (unpaired) electrons. The van der Waals surface area contributed by atoms with E-state index in [0.29, 0.717) is 13.1 Å². The predicted octanol–water partition coefficient (Wildman–Crippen LogP) is 1.28. The zero-order valence-electron chi connectivity index (χ0n) is 14.0. The van der Waals surface area contributed by atoms with E-state index in [2.05, 4.69) is 20.9 Å². The Morgan fingerprint density at radius 3 is 2.88 bits per heavy atom. The lowest BCUT2D eigenvalue weighted by molar-refractivity contribution is 0.0861. The van der Waals surface area contributed by atoms with E-state index >= 15 is 0 Å². The summed E-state index contributed by atoms with van der Waals surface area (Å²) in [5, 5.41) is 13.6. The van der Waals surface area contributed by atoms with Gasteiger partial charge in [-0.1, -0.05) is 43.3 Å². The highest BCUT2D eigenvalue weighted by atomic mass is 16.2. The van der Waals surface area contributed by atoms with Crippen molar-refractivity contribution in [3.8, 4) is 0 Å². The smallest absolute Gasteiger partial charge is 0.274 e. The Morgan fingerprint density at radius 2 is 2.17 bits per heavy atom. The molecule has 126 valence electrons. The quantitative estimate of drug-likeness (QED) is 0.885. The van der Waals surface area contributed by atoms with E-state index in [4.69, 9.17) is 0 Å². The second kappa shape index (κ2) is 6.43. The molecular weight excluding hydrogens is 306 g/mol. The van der Waals surface area contributed by atoms with Gasteiger partial charge in [-0.2, -0.15) is 0 Å². The molecule has 1 aliphatic rings. The molecule has 1 atom stereocenters. The van der Waals surface area contributed by atoms with Crippen LogP contribution in [0.4, 0.5) is 0 Å². The van der Waals surface area contributed by atoms with Crippen LogP contribution in [-0.2, 0) is 13.1 Å². The van der Waals surface area contributed by atoms with Gasteiger partial charge in [0.25, 0.3) is 11.8 Å². The second-order valence-electron chi connectivity index (χ2n) is 6.40. The number of nitrogens with one attached hydrogen (secondary N) is 2. The van der Waals surface area contributed by atoms with Gasteiger partial charge in [0, 0.05) is 6.54 Å². The number of fused-ring (bicyclic) bond motifs is 1. The van der Waals surface area contributed by atoms with Crippen molar-refractivity contribution < 1.29 is 9.59 Å². The van der Waals surface area contributed by atoms with Crippen LogP contribution in [0.3, 0.4) is 0 Å². The van der Waals surface area contributed by atoms with Crippen LogP contribution in [0.1, 0.15) is 46.0 Å². The topological polar surface area (TPSA) is 88.9 Å². The summed E-state index contributed by atoms with van der Waals surface area (Å²) in [6.45, 7) is 6.96. The standard InChI is InChI=1S/C17H21N5O2/c1-10(2)13-9-22-15(17(24)19-13)14(20-21-22)16(23)18-8-12-7-5-4-6-11(12)3/h4-7,10,13H,8-9H2,1-3H3,(H,18,23)(H,19,24)/t13-/m1/s1. The zero-order chi connectivity index (χ0) is 17.3. The van der Waals surface area contributed by atoms with E-state index in [1.165, 1.54) is 4.68 Å². The third kappa shape index (κ3) is 3.02. The monoisotopic (exact) mass is 327 g/mol. The first-order chi connectivity index (χ1) is 11.5. The first kappa shape index (κ1) is 16.2. The van der Waals surface area contributed by atoms with Crippen LogP contribution < -0.4 is 10.6 Å². The number of nitrogens with zero attached hydrogens (tertiary/aromatic N) is 3. The number of hydrogen-bond acceptors (Lipinski definition) is 4. The number of amides is 2. The van der Waals surface area contributed by atoms with Crippen molar-refractivity contribution in [2.45, 2.75) is 39.9 Å². The van der Waals surface area contributed by atoms with Crippen molar-refractivity contribution in [3.05, 3.63) is 46.8 Å². The molecule has 0 saturated carbocycles. The Morgan fingerprint density at radius 1 is 1.42 bits per heavy atom. The Balaban J connectivity index is 1.76. The van der Waals surface area contributed by atoms with E-state index in [0.717, 1.165) is 11.1 Å². The average Bonchev–Trinajstić information content (AvgIpc) is 2.98. The summed E-state index contributed by atoms with van der Waals surface area (Å²) in [5.41, 5.74) is 2.42. The maximum absolute atomic E-state index is 12.4. The Hall–Kier alpha value is -2.70. The summed E-state index contributed by atoms with van der Waals surface area (Å²) in [6, 6.07) is 7.81. The van der Waals surface area contributed by atoms with E-state index in [1.54, 1.807) is 0 Å². The lowest BCUT2D eigenvalue weighted by atomic mass is 10.0. The minimum atomic E-state index is -0.391. The van der Waals surface area contributed by atoms with Gasteiger partial charge in [-0.15, -0.1) is 5.10 Å². The highest BCUT2D eigenvalue weighted by Crippen LogP contribution is 2.16. The number of carbonyl (C=O) groups is 2. The van der Waals surface area contributed by atoms with Crippen LogP contribution in [0.5, 0.6) is 0 Å². The van der Waals surface area contributed by atoms with Crippen LogP contribution >= 0.6 is 0 Å². The highest BCUT2D eigenvalue weighted by molar-refractivity contribution is 6.05. The summed E-state index contributed by atoms with van der Waals surface area (Å²) in [6.07, 6.45) is 0. The summed E-state index contributed by atoms with van der Waals surface area (Å²) in [5.74, 6) is -0.409. The molecule has 2 N–H and O–H groups in total. The predicted molar refractivity (Wildman–Crippen MR) is 88.5 cm³/mol. The lowest BCUT2D eigenvalue weighted by Crippen LogP contribution is -2.48. The normalized spacial score (nSPS) is 16.7. The average molecular weight is 327 g/mol. The first-order valence-corrected chi connectivity index (χ1v) is 8.04. The van der Waals surface area contributed by atoms with Crippen LogP contribution in [0, 0.1) is 12.8 Å². The maximum Gasteiger partial charge on any atom is 0.274 e. The molecule has 2 heterocycles. The van der Waals surface area contributed by atoms with Crippen molar-refractivity contribution in [2.24, 2.45) is 5.92 Å². The molecule has 0 aliphatic carbocycles. The molecule has 7 heteroatoms. The van der Waals surface area contributed by atoms with Crippen LogP contribution in [0.2, 0.25) is 0 Å². The number of carbonyl (C=O) groups excluding carboxylic acids is 2.